The summed E-state index contributed by atoms with van der Waals surface area (Å²) in [5.74, 6) is 0.0711. The van der Waals surface area contributed by atoms with Crippen LogP contribution in [0, 0.1) is 5.92 Å². The van der Waals surface area contributed by atoms with Crippen molar-refractivity contribution >= 4 is 21.8 Å². The van der Waals surface area contributed by atoms with Crippen LogP contribution >= 0.6 is 15.9 Å². The van der Waals surface area contributed by atoms with Gasteiger partial charge in [0.1, 0.15) is 5.75 Å². The van der Waals surface area contributed by atoms with Crippen LogP contribution in [0.5, 0.6) is 5.75 Å². The second kappa shape index (κ2) is 6.39. The molecule has 106 valence electrons. The maximum Gasteiger partial charge on any atom is 0.255 e. The normalized spacial score (nSPS) is 14.2. The zero-order valence-corrected chi connectivity index (χ0v) is 13.1. The number of nitrogens with two attached hydrogens (primary N) is 1. The maximum atomic E-state index is 12.2. The van der Waals surface area contributed by atoms with Gasteiger partial charge in [0.2, 0.25) is 0 Å². The first-order chi connectivity index (χ1) is 8.77. The van der Waals surface area contributed by atoms with E-state index in [0.717, 1.165) is 10.9 Å². The minimum atomic E-state index is -0.467. The molecule has 19 heavy (non-hydrogen) atoms. The van der Waals surface area contributed by atoms with Crippen molar-refractivity contribution in [2.45, 2.75) is 32.7 Å². The highest BCUT2D eigenvalue weighted by Crippen LogP contribution is 2.23. The Bertz CT molecular complexity index is 463. The molecule has 4 N–H and O–H groups in total. The van der Waals surface area contributed by atoms with Gasteiger partial charge in [-0.2, -0.15) is 0 Å². The Balaban J connectivity index is 2.88. The third kappa shape index (κ3) is 4.51. The number of aromatic hydroxyl groups is 1. The third-order valence-corrected chi connectivity index (χ3v) is 3.42. The van der Waals surface area contributed by atoms with Crippen LogP contribution in [0.15, 0.2) is 22.7 Å². The number of benzene rings is 1. The molecule has 0 fully saturated rings. The van der Waals surface area contributed by atoms with E-state index in [0.29, 0.717) is 12.5 Å². The van der Waals surface area contributed by atoms with Crippen LogP contribution in [0.25, 0.3) is 0 Å². The number of rotatable bonds is 5. The number of amides is 1. The number of halogens is 1. The number of phenols is 1. The van der Waals surface area contributed by atoms with Crippen molar-refractivity contribution in [2.24, 2.45) is 11.7 Å². The average molecular weight is 329 g/mol. The Kier molecular flexibility index (Phi) is 5.38. The van der Waals surface area contributed by atoms with E-state index >= 15 is 0 Å². The lowest BCUT2D eigenvalue weighted by molar-refractivity contribution is 0.0895. The summed E-state index contributed by atoms with van der Waals surface area (Å²) in [5.41, 5.74) is 5.55. The molecule has 0 aromatic heterocycles. The van der Waals surface area contributed by atoms with E-state index in [1.807, 2.05) is 6.92 Å². The molecule has 0 bridgehead atoms. The Labute approximate surface area is 122 Å². The first-order valence-corrected chi connectivity index (χ1v) is 7.08. The fraction of sp³-hybridized carbons (Fsp3) is 0.500. The summed E-state index contributed by atoms with van der Waals surface area (Å²) in [6.45, 7) is 6.43. The molecule has 0 saturated carbocycles. The van der Waals surface area contributed by atoms with E-state index in [2.05, 4.69) is 35.1 Å². The van der Waals surface area contributed by atoms with Crippen molar-refractivity contribution in [1.82, 2.24) is 5.32 Å². The van der Waals surface area contributed by atoms with Crippen molar-refractivity contribution in [1.29, 1.82) is 0 Å². The Morgan fingerprint density at radius 1 is 1.53 bits per heavy atom. The molecular weight excluding hydrogens is 308 g/mol. The van der Waals surface area contributed by atoms with Crippen molar-refractivity contribution < 1.29 is 9.90 Å². The number of carbonyl (C=O) groups excluding carboxylic acids is 1. The summed E-state index contributed by atoms with van der Waals surface area (Å²) in [6.07, 6.45) is 0.784. The van der Waals surface area contributed by atoms with E-state index in [1.54, 1.807) is 12.1 Å². The molecule has 1 amide bonds. The van der Waals surface area contributed by atoms with Gasteiger partial charge >= 0.3 is 0 Å². The molecule has 1 atom stereocenters. The third-order valence-electron chi connectivity index (χ3n) is 2.93. The van der Waals surface area contributed by atoms with Crippen LogP contribution in [0.1, 0.15) is 37.6 Å². The molecule has 0 heterocycles. The molecule has 4 nitrogen and oxygen atoms in total. The summed E-state index contributed by atoms with van der Waals surface area (Å²) in [7, 11) is 0. The van der Waals surface area contributed by atoms with Gasteiger partial charge in [-0.15, -0.1) is 0 Å². The number of hydrogen-bond acceptors (Lipinski definition) is 3. The first kappa shape index (κ1) is 16.0. The van der Waals surface area contributed by atoms with Gasteiger partial charge in [0.05, 0.1) is 5.56 Å². The molecule has 0 saturated heterocycles. The minimum Gasteiger partial charge on any atom is -0.507 e. The highest BCUT2D eigenvalue weighted by molar-refractivity contribution is 9.10. The standard InChI is InChI=1S/C14H21BrN2O2/c1-9(2)7-14(3,8-16)17-13(19)11-5-4-10(15)6-12(11)18/h4-6,9,18H,7-8,16H2,1-3H3,(H,17,19). The van der Waals surface area contributed by atoms with E-state index in [1.165, 1.54) is 6.07 Å². The van der Waals surface area contributed by atoms with Gasteiger partial charge in [0.25, 0.3) is 5.91 Å². The van der Waals surface area contributed by atoms with Gasteiger partial charge in [0, 0.05) is 16.6 Å². The topological polar surface area (TPSA) is 75.3 Å². The molecule has 0 aliphatic rings. The van der Waals surface area contributed by atoms with Gasteiger partial charge < -0.3 is 16.2 Å². The second-order valence-electron chi connectivity index (χ2n) is 5.48. The first-order valence-electron chi connectivity index (χ1n) is 6.28. The summed E-state index contributed by atoms with van der Waals surface area (Å²) in [5, 5.41) is 12.7. The fourth-order valence-corrected chi connectivity index (χ4v) is 2.47. The van der Waals surface area contributed by atoms with Crippen LogP contribution in [0.2, 0.25) is 0 Å². The molecule has 1 aromatic rings. The summed E-state index contributed by atoms with van der Waals surface area (Å²) >= 11 is 3.24. The summed E-state index contributed by atoms with van der Waals surface area (Å²) in [4.78, 5) is 12.2. The molecule has 1 rings (SSSR count). The molecule has 0 radical (unpaired) electrons. The lowest BCUT2D eigenvalue weighted by atomic mass is 9.90. The van der Waals surface area contributed by atoms with Crippen molar-refractivity contribution in [3.63, 3.8) is 0 Å². The molecule has 1 unspecified atom stereocenters. The van der Waals surface area contributed by atoms with Crippen LogP contribution in [-0.4, -0.2) is 23.1 Å². The largest absolute Gasteiger partial charge is 0.507 e. The van der Waals surface area contributed by atoms with Crippen molar-refractivity contribution in [3.8, 4) is 5.75 Å². The van der Waals surface area contributed by atoms with Gasteiger partial charge in [-0.25, -0.2) is 0 Å². The number of hydrogen-bond donors (Lipinski definition) is 3. The minimum absolute atomic E-state index is 0.0456. The van der Waals surface area contributed by atoms with E-state index in [-0.39, 0.29) is 17.2 Å². The number of carbonyl (C=O) groups is 1. The average Bonchev–Trinajstić information content (AvgIpc) is 2.27. The summed E-state index contributed by atoms with van der Waals surface area (Å²) in [6, 6.07) is 4.80. The van der Waals surface area contributed by atoms with Gasteiger partial charge in [0.15, 0.2) is 0 Å². The Hall–Kier alpha value is -1.07. The van der Waals surface area contributed by atoms with Crippen molar-refractivity contribution in [3.05, 3.63) is 28.2 Å². The smallest absolute Gasteiger partial charge is 0.255 e. The SMILES string of the molecule is CC(C)CC(C)(CN)NC(=O)c1ccc(Br)cc1O. The zero-order chi connectivity index (χ0) is 14.6. The van der Waals surface area contributed by atoms with Crippen LogP contribution in [-0.2, 0) is 0 Å². The van der Waals surface area contributed by atoms with Crippen LogP contribution in [0.3, 0.4) is 0 Å². The lowest BCUT2D eigenvalue weighted by Gasteiger charge is -2.31. The summed E-state index contributed by atoms with van der Waals surface area (Å²) < 4.78 is 0.727. The van der Waals surface area contributed by atoms with Gasteiger partial charge in [-0.05, 0) is 37.5 Å². The Morgan fingerprint density at radius 3 is 2.63 bits per heavy atom. The maximum absolute atomic E-state index is 12.2. The van der Waals surface area contributed by atoms with Crippen molar-refractivity contribution in [2.75, 3.05) is 6.54 Å². The molecule has 0 aliphatic heterocycles. The highest BCUT2D eigenvalue weighted by Gasteiger charge is 2.27. The number of nitrogens with one attached hydrogen (secondary N) is 1. The van der Waals surface area contributed by atoms with E-state index < -0.39 is 5.54 Å². The zero-order valence-electron chi connectivity index (χ0n) is 11.5. The predicted octanol–water partition coefficient (Wildman–Crippen LogP) is 2.65. The number of phenolic OH excluding ortho intramolecular Hbond substituents is 1. The molecule has 0 spiro atoms. The lowest BCUT2D eigenvalue weighted by Crippen LogP contribution is -2.52. The van der Waals surface area contributed by atoms with Gasteiger partial charge in [-0.3, -0.25) is 4.79 Å². The molecular formula is C14H21BrN2O2. The fourth-order valence-electron chi connectivity index (χ4n) is 2.12. The Morgan fingerprint density at radius 2 is 2.16 bits per heavy atom. The van der Waals surface area contributed by atoms with Crippen LogP contribution < -0.4 is 11.1 Å². The predicted molar refractivity (Wildman–Crippen MR) is 80.2 cm³/mol. The quantitative estimate of drug-likeness (QED) is 0.777. The van der Waals surface area contributed by atoms with E-state index in [9.17, 15) is 9.90 Å². The van der Waals surface area contributed by atoms with E-state index in [4.69, 9.17) is 5.73 Å². The highest BCUT2D eigenvalue weighted by atomic mass is 79.9. The van der Waals surface area contributed by atoms with Crippen LogP contribution in [0.4, 0.5) is 0 Å². The molecule has 0 aliphatic carbocycles. The van der Waals surface area contributed by atoms with Gasteiger partial charge in [-0.1, -0.05) is 29.8 Å². The monoisotopic (exact) mass is 328 g/mol. The molecule has 1 aromatic carbocycles. The molecule has 5 heteroatoms. The second-order valence-corrected chi connectivity index (χ2v) is 6.39.